The number of hydrogen-bond donors (Lipinski definition) is 2. The number of H-pyrrole nitrogens is 1. The second-order valence-electron chi connectivity index (χ2n) is 6.95. The Hall–Kier alpha value is -3.33. The maximum absolute atomic E-state index is 13.1. The van der Waals surface area contributed by atoms with Gasteiger partial charge in [0, 0.05) is 6.54 Å². The molecule has 0 bridgehead atoms. The lowest BCUT2D eigenvalue weighted by Gasteiger charge is -2.30. The molecule has 0 fully saturated rings. The van der Waals surface area contributed by atoms with Gasteiger partial charge in [-0.3, -0.25) is 19.1 Å². The molecule has 2 N–H and O–H groups in total. The minimum absolute atomic E-state index is 0.0396. The molecule has 154 valence electrons. The summed E-state index contributed by atoms with van der Waals surface area (Å²) in [6, 6.07) is 17.1. The Labute approximate surface area is 177 Å². The maximum atomic E-state index is 13.1. The predicted molar refractivity (Wildman–Crippen MR) is 116 cm³/mol. The van der Waals surface area contributed by atoms with Crippen LogP contribution in [0.4, 0.5) is 11.4 Å². The fourth-order valence-corrected chi connectivity index (χ4v) is 4.28. The first-order valence-corrected chi connectivity index (χ1v) is 10.5. The van der Waals surface area contributed by atoms with Gasteiger partial charge >= 0.3 is 5.69 Å². The molecule has 0 spiro atoms. The highest BCUT2D eigenvalue weighted by Gasteiger charge is 2.30. The van der Waals surface area contributed by atoms with Crippen LogP contribution < -0.4 is 15.9 Å². The maximum Gasteiger partial charge on any atom is 0.343 e. The van der Waals surface area contributed by atoms with E-state index in [1.807, 2.05) is 36.4 Å². The van der Waals surface area contributed by atoms with Gasteiger partial charge in [0.2, 0.25) is 11.8 Å². The van der Waals surface area contributed by atoms with E-state index < -0.39 is 5.25 Å². The second-order valence-corrected chi connectivity index (χ2v) is 8.26. The zero-order valence-corrected chi connectivity index (χ0v) is 17.2. The van der Waals surface area contributed by atoms with Gasteiger partial charge < -0.3 is 5.32 Å². The summed E-state index contributed by atoms with van der Waals surface area (Å²) in [5.41, 5.74) is 2.08. The Morgan fingerprint density at radius 1 is 1.13 bits per heavy atom. The first-order chi connectivity index (χ1) is 14.5. The van der Waals surface area contributed by atoms with Gasteiger partial charge in [0.25, 0.3) is 0 Å². The second kappa shape index (κ2) is 8.58. The molecule has 2 amide bonds. The van der Waals surface area contributed by atoms with Crippen molar-refractivity contribution in [1.29, 1.82) is 0 Å². The summed E-state index contributed by atoms with van der Waals surface area (Å²) in [6.45, 7) is 2.17. The average Bonchev–Trinajstić information content (AvgIpc) is 3.10. The molecule has 1 atom stereocenters. The summed E-state index contributed by atoms with van der Waals surface area (Å²) in [5, 5.41) is 9.25. The Balaban J connectivity index is 1.49. The zero-order valence-electron chi connectivity index (χ0n) is 16.4. The van der Waals surface area contributed by atoms with Gasteiger partial charge in [-0.05, 0) is 31.0 Å². The van der Waals surface area contributed by atoms with Crippen molar-refractivity contribution in [3.63, 3.8) is 0 Å². The van der Waals surface area contributed by atoms with Gasteiger partial charge in [-0.25, -0.2) is 9.89 Å². The normalized spacial score (nSPS) is 14.2. The molecule has 2 aromatic carbocycles. The fourth-order valence-electron chi connectivity index (χ4n) is 3.33. The number of aromatic amines is 1. The van der Waals surface area contributed by atoms with Crippen LogP contribution in [0.1, 0.15) is 12.5 Å². The van der Waals surface area contributed by atoms with Crippen molar-refractivity contribution in [2.24, 2.45) is 0 Å². The molecule has 1 aliphatic heterocycles. The first-order valence-electron chi connectivity index (χ1n) is 9.59. The van der Waals surface area contributed by atoms with E-state index in [1.165, 1.54) is 21.2 Å². The van der Waals surface area contributed by atoms with E-state index in [0.29, 0.717) is 29.5 Å². The molecule has 0 saturated heterocycles. The highest BCUT2D eigenvalue weighted by molar-refractivity contribution is 8.00. The van der Waals surface area contributed by atoms with Crippen LogP contribution in [-0.4, -0.2) is 38.4 Å². The van der Waals surface area contributed by atoms with Crippen LogP contribution in [0, 0.1) is 0 Å². The standard InChI is InChI=1S/C21H21N5O3S/c1-14(19(28)26-13-18(27)22-16-9-5-6-10-17(16)26)30-21-24-23-20(29)25(21)12-11-15-7-3-2-4-8-15/h2-10,14H,11-13H2,1H3,(H,22,27)(H,23,29)/t14-/m0/s1. The highest BCUT2D eigenvalue weighted by atomic mass is 32.2. The number of carbonyl (C=O) groups is 2. The van der Waals surface area contributed by atoms with Gasteiger partial charge in [0.05, 0.1) is 16.6 Å². The van der Waals surface area contributed by atoms with Crippen molar-refractivity contribution in [1.82, 2.24) is 14.8 Å². The Morgan fingerprint density at radius 2 is 1.87 bits per heavy atom. The van der Waals surface area contributed by atoms with E-state index in [9.17, 15) is 14.4 Å². The Bertz CT molecular complexity index is 1120. The summed E-state index contributed by atoms with van der Waals surface area (Å²) < 4.78 is 1.54. The molecule has 9 heteroatoms. The van der Waals surface area contributed by atoms with Crippen molar-refractivity contribution in [3.05, 3.63) is 70.6 Å². The number of fused-ring (bicyclic) bond motifs is 1. The summed E-state index contributed by atoms with van der Waals surface area (Å²) in [4.78, 5) is 38.8. The van der Waals surface area contributed by atoms with E-state index in [2.05, 4.69) is 15.5 Å². The van der Waals surface area contributed by atoms with Gasteiger partial charge in [-0.2, -0.15) is 0 Å². The van der Waals surface area contributed by atoms with Crippen LogP contribution in [0.25, 0.3) is 0 Å². The van der Waals surface area contributed by atoms with Crippen molar-refractivity contribution >= 4 is 35.0 Å². The number of thioether (sulfide) groups is 1. The third kappa shape index (κ3) is 4.16. The summed E-state index contributed by atoms with van der Waals surface area (Å²) in [7, 11) is 0. The van der Waals surface area contributed by atoms with Crippen LogP contribution >= 0.6 is 11.8 Å². The number of amides is 2. The van der Waals surface area contributed by atoms with Gasteiger partial charge in [-0.15, -0.1) is 5.10 Å². The molecule has 0 unspecified atom stereocenters. The van der Waals surface area contributed by atoms with Gasteiger partial charge in [0.15, 0.2) is 5.16 Å². The van der Waals surface area contributed by atoms with Crippen molar-refractivity contribution in [2.75, 3.05) is 16.8 Å². The van der Waals surface area contributed by atoms with E-state index >= 15 is 0 Å². The topological polar surface area (TPSA) is 100 Å². The number of anilines is 2. The Morgan fingerprint density at radius 3 is 2.67 bits per heavy atom. The molecule has 1 aromatic heterocycles. The summed E-state index contributed by atoms with van der Waals surface area (Å²) >= 11 is 1.20. The number of hydrogen-bond acceptors (Lipinski definition) is 5. The molecule has 8 nitrogen and oxygen atoms in total. The lowest BCUT2D eigenvalue weighted by Crippen LogP contribution is -2.45. The van der Waals surface area contributed by atoms with Crippen LogP contribution in [0.2, 0.25) is 0 Å². The van der Waals surface area contributed by atoms with Crippen LogP contribution in [0.15, 0.2) is 64.5 Å². The number of benzene rings is 2. The number of aryl methyl sites for hydroxylation is 1. The largest absolute Gasteiger partial charge is 0.343 e. The highest BCUT2D eigenvalue weighted by Crippen LogP contribution is 2.31. The smallest absolute Gasteiger partial charge is 0.323 e. The zero-order chi connectivity index (χ0) is 21.1. The average molecular weight is 423 g/mol. The van der Waals surface area contributed by atoms with Crippen molar-refractivity contribution in [3.8, 4) is 0 Å². The molecule has 0 radical (unpaired) electrons. The minimum Gasteiger partial charge on any atom is -0.323 e. The van der Waals surface area contributed by atoms with E-state index in [-0.39, 0.29) is 24.0 Å². The number of carbonyl (C=O) groups excluding carboxylic acids is 2. The minimum atomic E-state index is -0.533. The molecule has 1 aliphatic rings. The number of rotatable bonds is 6. The number of nitrogens with zero attached hydrogens (tertiary/aromatic N) is 3. The van der Waals surface area contributed by atoms with Crippen LogP contribution in [0.3, 0.4) is 0 Å². The molecule has 0 saturated carbocycles. The first kappa shape index (κ1) is 20.0. The molecular formula is C21H21N5O3S. The summed E-state index contributed by atoms with van der Waals surface area (Å²) in [5.74, 6) is -0.453. The third-order valence-electron chi connectivity index (χ3n) is 4.86. The predicted octanol–water partition coefficient (Wildman–Crippen LogP) is 2.28. The molecule has 3 aromatic rings. The van der Waals surface area contributed by atoms with E-state index in [0.717, 1.165) is 5.56 Å². The number of aromatic nitrogens is 3. The van der Waals surface area contributed by atoms with E-state index in [4.69, 9.17) is 0 Å². The molecule has 30 heavy (non-hydrogen) atoms. The van der Waals surface area contributed by atoms with Gasteiger partial charge in [0.1, 0.15) is 6.54 Å². The lowest BCUT2D eigenvalue weighted by molar-refractivity contribution is -0.121. The van der Waals surface area contributed by atoms with Crippen molar-refractivity contribution in [2.45, 2.75) is 30.3 Å². The monoisotopic (exact) mass is 423 g/mol. The molecule has 4 rings (SSSR count). The molecular weight excluding hydrogens is 402 g/mol. The van der Waals surface area contributed by atoms with Crippen LogP contribution in [-0.2, 0) is 22.6 Å². The lowest BCUT2D eigenvalue weighted by atomic mass is 10.1. The SMILES string of the molecule is C[C@H](Sc1n[nH]c(=O)n1CCc1ccccc1)C(=O)N1CC(=O)Nc2ccccc21. The fraction of sp³-hybridized carbons (Fsp3) is 0.238. The quantitative estimate of drug-likeness (QED) is 0.593. The van der Waals surface area contributed by atoms with Crippen LogP contribution in [0.5, 0.6) is 0 Å². The molecule has 0 aliphatic carbocycles. The number of para-hydroxylation sites is 2. The van der Waals surface area contributed by atoms with Crippen molar-refractivity contribution < 1.29 is 9.59 Å². The third-order valence-corrected chi connectivity index (χ3v) is 5.93. The summed E-state index contributed by atoms with van der Waals surface area (Å²) in [6.07, 6.45) is 0.676. The molecule has 2 heterocycles. The van der Waals surface area contributed by atoms with E-state index in [1.54, 1.807) is 25.1 Å². The van der Waals surface area contributed by atoms with Gasteiger partial charge in [-0.1, -0.05) is 54.2 Å². The number of nitrogens with one attached hydrogen (secondary N) is 2. The Kier molecular flexibility index (Phi) is 5.71.